The van der Waals surface area contributed by atoms with E-state index in [1.807, 2.05) is 12.1 Å². The molecule has 0 radical (unpaired) electrons. The van der Waals surface area contributed by atoms with Gasteiger partial charge in [0.25, 0.3) is 0 Å². The summed E-state index contributed by atoms with van der Waals surface area (Å²) in [6, 6.07) is 8.26. The molecule has 0 fully saturated rings. The van der Waals surface area contributed by atoms with Gasteiger partial charge in [0, 0.05) is 6.54 Å². The van der Waals surface area contributed by atoms with Crippen molar-refractivity contribution in [2.24, 2.45) is 0 Å². The largest absolute Gasteiger partial charge is 0.493 e. The number of halogens is 3. The van der Waals surface area contributed by atoms with Gasteiger partial charge in [0.1, 0.15) is 5.82 Å². The molecule has 0 aliphatic heterocycles. The highest BCUT2D eigenvalue weighted by Gasteiger charge is 2.11. The summed E-state index contributed by atoms with van der Waals surface area (Å²) in [5, 5.41) is 3.33. The number of hydrogen-bond donors (Lipinski definition) is 1. The minimum absolute atomic E-state index is 0.282. The number of anilines is 1. The van der Waals surface area contributed by atoms with Crippen LogP contribution in [0.5, 0.6) is 11.5 Å². The molecule has 0 saturated carbocycles. The number of para-hydroxylation sites is 1. The first-order valence-electron chi connectivity index (χ1n) is 6.15. The predicted molar refractivity (Wildman–Crippen MR) is 86.0 cm³/mol. The van der Waals surface area contributed by atoms with Crippen LogP contribution in [-0.4, -0.2) is 14.2 Å². The smallest absolute Gasteiger partial charge is 0.174 e. The number of methoxy groups -OCH3 is 2. The molecule has 2 aromatic carbocycles. The van der Waals surface area contributed by atoms with Gasteiger partial charge in [-0.25, -0.2) is 4.39 Å². The quantitative estimate of drug-likeness (QED) is 0.810. The molecule has 0 amide bonds. The van der Waals surface area contributed by atoms with Crippen LogP contribution in [-0.2, 0) is 6.54 Å². The Balaban J connectivity index is 2.23. The zero-order valence-electron chi connectivity index (χ0n) is 11.5. The van der Waals surface area contributed by atoms with Crippen LogP contribution in [0.2, 0.25) is 5.02 Å². The second-order valence-electron chi connectivity index (χ2n) is 4.26. The number of rotatable bonds is 5. The van der Waals surface area contributed by atoms with Crippen LogP contribution in [0.1, 0.15) is 5.56 Å². The van der Waals surface area contributed by atoms with E-state index in [0.717, 1.165) is 10.0 Å². The van der Waals surface area contributed by atoms with Crippen LogP contribution < -0.4 is 14.8 Å². The monoisotopic (exact) mass is 373 g/mol. The van der Waals surface area contributed by atoms with Gasteiger partial charge in [-0.2, -0.15) is 0 Å². The first kappa shape index (κ1) is 15.9. The van der Waals surface area contributed by atoms with Gasteiger partial charge in [0.05, 0.1) is 29.4 Å². The Kier molecular flexibility index (Phi) is 5.31. The van der Waals surface area contributed by atoms with E-state index in [9.17, 15) is 4.39 Å². The van der Waals surface area contributed by atoms with E-state index in [2.05, 4.69) is 21.2 Å². The Morgan fingerprint density at radius 2 is 2.00 bits per heavy atom. The minimum atomic E-state index is -0.387. The number of hydrogen-bond acceptors (Lipinski definition) is 3. The Labute approximate surface area is 136 Å². The van der Waals surface area contributed by atoms with Crippen molar-refractivity contribution in [2.45, 2.75) is 6.54 Å². The van der Waals surface area contributed by atoms with Crippen LogP contribution in [0, 0.1) is 5.82 Å². The van der Waals surface area contributed by atoms with Crippen molar-refractivity contribution < 1.29 is 13.9 Å². The maximum absolute atomic E-state index is 13.7. The summed E-state index contributed by atoms with van der Waals surface area (Å²) in [5.41, 5.74) is 1.18. The van der Waals surface area contributed by atoms with Crippen molar-refractivity contribution >= 4 is 33.2 Å². The Hall–Kier alpha value is -1.46. The van der Waals surface area contributed by atoms with E-state index in [1.54, 1.807) is 26.4 Å². The molecule has 0 bridgehead atoms. The zero-order chi connectivity index (χ0) is 15.4. The summed E-state index contributed by atoms with van der Waals surface area (Å²) in [4.78, 5) is 0. The summed E-state index contributed by atoms with van der Waals surface area (Å²) in [7, 11) is 3.13. The van der Waals surface area contributed by atoms with E-state index in [1.165, 1.54) is 6.07 Å². The van der Waals surface area contributed by atoms with E-state index >= 15 is 0 Å². The molecule has 1 N–H and O–H groups in total. The highest BCUT2D eigenvalue weighted by atomic mass is 79.9. The lowest BCUT2D eigenvalue weighted by molar-refractivity contribution is 0.352. The third kappa shape index (κ3) is 3.60. The summed E-state index contributed by atoms with van der Waals surface area (Å²) >= 11 is 9.40. The van der Waals surface area contributed by atoms with Crippen molar-refractivity contribution in [1.29, 1.82) is 0 Å². The molecule has 2 rings (SSSR count). The van der Waals surface area contributed by atoms with Gasteiger partial charge in [0.2, 0.25) is 0 Å². The lowest BCUT2D eigenvalue weighted by Crippen LogP contribution is -2.03. The standard InChI is InChI=1S/C15H14BrClFNO2/c1-20-13-7-9(6-10(16)15(13)21-2)8-19-14-11(17)4-3-5-12(14)18/h3-7,19H,8H2,1-2H3. The molecule has 0 unspecified atom stereocenters. The molecule has 0 aliphatic rings. The number of ether oxygens (including phenoxy) is 2. The zero-order valence-corrected chi connectivity index (χ0v) is 13.9. The topological polar surface area (TPSA) is 30.5 Å². The van der Waals surface area contributed by atoms with Gasteiger partial charge < -0.3 is 14.8 Å². The normalized spacial score (nSPS) is 10.3. The molecule has 0 spiro atoms. The summed E-state index contributed by atoms with van der Waals surface area (Å²) < 4.78 is 25.0. The lowest BCUT2D eigenvalue weighted by atomic mass is 10.2. The van der Waals surface area contributed by atoms with E-state index < -0.39 is 0 Å². The molecular weight excluding hydrogens is 361 g/mol. The molecule has 0 aromatic heterocycles. The van der Waals surface area contributed by atoms with E-state index in [4.69, 9.17) is 21.1 Å². The van der Waals surface area contributed by atoms with Crippen molar-refractivity contribution in [1.82, 2.24) is 0 Å². The molecule has 112 valence electrons. The average molecular weight is 375 g/mol. The molecule has 0 atom stereocenters. The van der Waals surface area contributed by atoms with Gasteiger partial charge in [-0.3, -0.25) is 0 Å². The molecule has 0 saturated heterocycles. The molecule has 3 nitrogen and oxygen atoms in total. The molecule has 2 aromatic rings. The first-order valence-corrected chi connectivity index (χ1v) is 7.32. The fourth-order valence-corrected chi connectivity index (χ4v) is 2.81. The average Bonchev–Trinajstić information content (AvgIpc) is 2.46. The highest BCUT2D eigenvalue weighted by Crippen LogP contribution is 2.36. The summed E-state index contributed by atoms with van der Waals surface area (Å²) in [5.74, 6) is 0.829. The van der Waals surface area contributed by atoms with Gasteiger partial charge in [-0.05, 0) is 45.8 Å². The summed E-state index contributed by atoms with van der Waals surface area (Å²) in [6.45, 7) is 0.402. The van der Waals surface area contributed by atoms with Gasteiger partial charge >= 0.3 is 0 Å². The third-order valence-electron chi connectivity index (χ3n) is 2.93. The molecule has 21 heavy (non-hydrogen) atoms. The second kappa shape index (κ2) is 7.00. The van der Waals surface area contributed by atoms with Gasteiger partial charge in [0.15, 0.2) is 11.5 Å². The maximum atomic E-state index is 13.7. The van der Waals surface area contributed by atoms with Crippen molar-refractivity contribution in [2.75, 3.05) is 19.5 Å². The fraction of sp³-hybridized carbons (Fsp3) is 0.200. The Morgan fingerprint density at radius 1 is 1.24 bits per heavy atom. The lowest BCUT2D eigenvalue weighted by Gasteiger charge is -2.13. The Bertz CT molecular complexity index is 632. The second-order valence-corrected chi connectivity index (χ2v) is 5.52. The number of benzene rings is 2. The molecule has 0 heterocycles. The predicted octanol–water partition coefficient (Wildman–Crippen LogP) is 4.87. The maximum Gasteiger partial charge on any atom is 0.174 e. The SMILES string of the molecule is COc1cc(CNc2c(F)cccc2Cl)cc(Br)c1OC. The van der Waals surface area contributed by atoms with Crippen molar-refractivity contribution in [3.8, 4) is 11.5 Å². The molecule has 6 heteroatoms. The highest BCUT2D eigenvalue weighted by molar-refractivity contribution is 9.10. The number of nitrogens with one attached hydrogen (secondary N) is 1. The van der Waals surface area contributed by atoms with E-state index in [-0.39, 0.29) is 11.5 Å². The molecular formula is C15H14BrClFNO2. The van der Waals surface area contributed by atoms with Gasteiger partial charge in [-0.15, -0.1) is 0 Å². The first-order chi connectivity index (χ1) is 10.1. The van der Waals surface area contributed by atoms with Crippen LogP contribution >= 0.6 is 27.5 Å². The van der Waals surface area contributed by atoms with Crippen LogP contribution in [0.4, 0.5) is 10.1 Å². The van der Waals surface area contributed by atoms with E-state index in [0.29, 0.717) is 23.1 Å². The van der Waals surface area contributed by atoms with Crippen LogP contribution in [0.15, 0.2) is 34.8 Å². The minimum Gasteiger partial charge on any atom is -0.493 e. The van der Waals surface area contributed by atoms with Crippen LogP contribution in [0.25, 0.3) is 0 Å². The van der Waals surface area contributed by atoms with Crippen molar-refractivity contribution in [3.63, 3.8) is 0 Å². The third-order valence-corrected chi connectivity index (χ3v) is 3.83. The fourth-order valence-electron chi connectivity index (χ4n) is 1.93. The Morgan fingerprint density at radius 3 is 2.62 bits per heavy atom. The summed E-state index contributed by atoms with van der Waals surface area (Å²) in [6.07, 6.45) is 0. The van der Waals surface area contributed by atoms with Gasteiger partial charge in [-0.1, -0.05) is 17.7 Å². The van der Waals surface area contributed by atoms with Crippen LogP contribution in [0.3, 0.4) is 0 Å². The van der Waals surface area contributed by atoms with Crippen molar-refractivity contribution in [3.05, 3.63) is 51.2 Å². The molecule has 0 aliphatic carbocycles.